The minimum Gasteiger partial charge on any atom is -0.337 e. The van der Waals surface area contributed by atoms with Crippen LogP contribution < -0.4 is 16.2 Å². The molecular formula is C15H22BrN3O2S. The van der Waals surface area contributed by atoms with Crippen molar-refractivity contribution in [3.63, 3.8) is 0 Å². The van der Waals surface area contributed by atoms with Crippen LogP contribution in [0.4, 0.5) is 4.79 Å². The first kappa shape index (κ1) is 17.3. The summed E-state index contributed by atoms with van der Waals surface area (Å²) >= 11 is 4.61. The van der Waals surface area contributed by atoms with Crippen molar-refractivity contribution >= 4 is 39.2 Å². The van der Waals surface area contributed by atoms with Gasteiger partial charge in [-0.3, -0.25) is 10.2 Å². The van der Waals surface area contributed by atoms with Crippen molar-refractivity contribution in [2.75, 3.05) is 6.54 Å². The molecule has 0 radical (unpaired) electrons. The second-order valence-corrected chi connectivity index (χ2v) is 8.05. The Morgan fingerprint density at radius 3 is 2.64 bits per heavy atom. The highest BCUT2D eigenvalue weighted by Gasteiger charge is 2.13. The molecule has 1 aliphatic carbocycles. The van der Waals surface area contributed by atoms with Crippen molar-refractivity contribution in [3.05, 3.63) is 20.8 Å². The molecule has 0 unspecified atom stereocenters. The zero-order valence-electron chi connectivity index (χ0n) is 12.5. The Kier molecular flexibility index (Phi) is 7.18. The van der Waals surface area contributed by atoms with Crippen LogP contribution in [0.5, 0.6) is 0 Å². The quantitative estimate of drug-likeness (QED) is 0.530. The fraction of sp³-hybridized carbons (Fsp3) is 0.600. The van der Waals surface area contributed by atoms with E-state index in [0.29, 0.717) is 11.4 Å². The summed E-state index contributed by atoms with van der Waals surface area (Å²) in [5, 5.41) is 2.76. The van der Waals surface area contributed by atoms with Crippen molar-refractivity contribution in [2.45, 2.75) is 44.9 Å². The van der Waals surface area contributed by atoms with Crippen molar-refractivity contribution < 1.29 is 9.59 Å². The van der Waals surface area contributed by atoms with Gasteiger partial charge in [0, 0.05) is 6.54 Å². The Balaban J connectivity index is 1.55. The second kappa shape index (κ2) is 9.15. The first-order chi connectivity index (χ1) is 10.6. The number of hydrazine groups is 1. The lowest BCUT2D eigenvalue weighted by Gasteiger charge is -2.21. The summed E-state index contributed by atoms with van der Waals surface area (Å²) in [5.74, 6) is 0.517. The standard InChI is InChI=1S/C15H22BrN3O2S/c16-13-9-8-12(22-13)14(20)18-19-15(21)17-10-4-7-11-5-2-1-3-6-11/h8-9,11H,1-7,10H2,(H,18,20)(H2,17,19,21). The summed E-state index contributed by atoms with van der Waals surface area (Å²) in [6.07, 6.45) is 8.90. The van der Waals surface area contributed by atoms with Crippen molar-refractivity contribution in [2.24, 2.45) is 5.92 Å². The molecule has 22 heavy (non-hydrogen) atoms. The predicted molar refractivity (Wildman–Crippen MR) is 91.8 cm³/mol. The number of thiophene rings is 1. The van der Waals surface area contributed by atoms with Gasteiger partial charge in [-0.25, -0.2) is 10.2 Å². The number of carbonyl (C=O) groups is 2. The van der Waals surface area contributed by atoms with Gasteiger partial charge in [-0.1, -0.05) is 32.1 Å². The zero-order valence-corrected chi connectivity index (χ0v) is 14.9. The van der Waals surface area contributed by atoms with Crippen LogP contribution in [0.25, 0.3) is 0 Å². The lowest BCUT2D eigenvalue weighted by atomic mass is 9.86. The van der Waals surface area contributed by atoms with E-state index in [1.54, 1.807) is 12.1 Å². The molecule has 7 heteroatoms. The normalized spacial score (nSPS) is 15.3. The van der Waals surface area contributed by atoms with Crippen molar-refractivity contribution in [1.29, 1.82) is 0 Å². The van der Waals surface area contributed by atoms with Gasteiger partial charge in [0.2, 0.25) is 0 Å². The summed E-state index contributed by atoms with van der Waals surface area (Å²) in [5.41, 5.74) is 4.76. The van der Waals surface area contributed by atoms with E-state index >= 15 is 0 Å². The van der Waals surface area contributed by atoms with Crippen LogP contribution in [0.1, 0.15) is 54.6 Å². The molecule has 5 nitrogen and oxygen atoms in total. The summed E-state index contributed by atoms with van der Waals surface area (Å²) < 4.78 is 0.879. The van der Waals surface area contributed by atoms with E-state index in [9.17, 15) is 9.59 Å². The molecule has 2 rings (SSSR count). The molecule has 0 aromatic carbocycles. The molecule has 1 saturated carbocycles. The fourth-order valence-electron chi connectivity index (χ4n) is 2.72. The van der Waals surface area contributed by atoms with Crippen LogP contribution in [0, 0.1) is 5.92 Å². The molecule has 3 amide bonds. The molecule has 1 fully saturated rings. The lowest BCUT2D eigenvalue weighted by Crippen LogP contribution is -2.47. The molecule has 122 valence electrons. The summed E-state index contributed by atoms with van der Waals surface area (Å²) in [7, 11) is 0. The SMILES string of the molecule is O=C(NCCCC1CCCCC1)NNC(=O)c1ccc(Br)s1. The number of nitrogens with one attached hydrogen (secondary N) is 3. The molecule has 1 aromatic rings. The molecule has 0 spiro atoms. The highest BCUT2D eigenvalue weighted by Crippen LogP contribution is 2.26. The summed E-state index contributed by atoms with van der Waals surface area (Å²) in [6, 6.07) is 3.13. The lowest BCUT2D eigenvalue weighted by molar-refractivity contribution is 0.0940. The van der Waals surface area contributed by atoms with Gasteiger partial charge in [0.25, 0.3) is 5.91 Å². The number of urea groups is 1. The minimum absolute atomic E-state index is 0.312. The largest absolute Gasteiger partial charge is 0.337 e. The third-order valence-corrected chi connectivity index (χ3v) is 5.51. The Morgan fingerprint density at radius 2 is 1.95 bits per heavy atom. The van der Waals surface area contributed by atoms with Crippen LogP contribution in [0.2, 0.25) is 0 Å². The molecule has 0 bridgehead atoms. The molecule has 0 saturated heterocycles. The molecular weight excluding hydrogens is 366 g/mol. The van der Waals surface area contributed by atoms with Crippen LogP contribution in [0.15, 0.2) is 15.9 Å². The van der Waals surface area contributed by atoms with Crippen LogP contribution in [-0.4, -0.2) is 18.5 Å². The van der Waals surface area contributed by atoms with E-state index in [4.69, 9.17) is 0 Å². The summed E-state index contributed by atoms with van der Waals surface area (Å²) in [4.78, 5) is 23.9. The Bertz CT molecular complexity index is 501. The fourth-order valence-corrected chi connectivity index (χ4v) is 4.01. The van der Waals surface area contributed by atoms with Gasteiger partial charge in [-0.05, 0) is 46.8 Å². The number of halogens is 1. The van der Waals surface area contributed by atoms with E-state index in [1.165, 1.54) is 49.9 Å². The van der Waals surface area contributed by atoms with E-state index < -0.39 is 0 Å². The monoisotopic (exact) mass is 387 g/mol. The second-order valence-electron chi connectivity index (χ2n) is 5.59. The van der Waals surface area contributed by atoms with Gasteiger partial charge in [-0.2, -0.15) is 0 Å². The molecule has 1 aliphatic rings. The number of hydrogen-bond donors (Lipinski definition) is 3. The third-order valence-electron chi connectivity index (χ3n) is 3.89. The number of rotatable bonds is 5. The molecule has 3 N–H and O–H groups in total. The molecule has 1 heterocycles. The van der Waals surface area contributed by atoms with E-state index in [0.717, 1.165) is 16.1 Å². The summed E-state index contributed by atoms with van der Waals surface area (Å²) in [6.45, 7) is 0.642. The van der Waals surface area contributed by atoms with E-state index in [1.807, 2.05) is 0 Å². The van der Waals surface area contributed by atoms with Gasteiger partial charge in [0.05, 0.1) is 8.66 Å². The Morgan fingerprint density at radius 1 is 1.18 bits per heavy atom. The minimum atomic E-state index is -0.368. The maximum Gasteiger partial charge on any atom is 0.333 e. The maximum absolute atomic E-state index is 11.7. The van der Waals surface area contributed by atoms with Gasteiger partial charge in [0.15, 0.2) is 0 Å². The first-order valence-electron chi connectivity index (χ1n) is 7.74. The topological polar surface area (TPSA) is 70.2 Å². The molecule has 0 atom stereocenters. The molecule has 0 aliphatic heterocycles. The van der Waals surface area contributed by atoms with Gasteiger partial charge in [0.1, 0.15) is 0 Å². The van der Waals surface area contributed by atoms with Gasteiger partial charge in [-0.15, -0.1) is 11.3 Å². The van der Waals surface area contributed by atoms with Crippen LogP contribution in [0.3, 0.4) is 0 Å². The highest BCUT2D eigenvalue weighted by atomic mass is 79.9. The van der Waals surface area contributed by atoms with Crippen molar-refractivity contribution in [1.82, 2.24) is 16.2 Å². The predicted octanol–water partition coefficient (Wildman–Crippen LogP) is 3.82. The average molecular weight is 388 g/mol. The number of carbonyl (C=O) groups excluding carboxylic acids is 2. The van der Waals surface area contributed by atoms with Crippen LogP contribution >= 0.6 is 27.3 Å². The average Bonchev–Trinajstić information content (AvgIpc) is 2.97. The molecule has 1 aromatic heterocycles. The van der Waals surface area contributed by atoms with Crippen molar-refractivity contribution in [3.8, 4) is 0 Å². The number of hydrogen-bond acceptors (Lipinski definition) is 3. The van der Waals surface area contributed by atoms with Gasteiger partial charge < -0.3 is 5.32 Å². The Labute approximate surface area is 143 Å². The highest BCUT2D eigenvalue weighted by molar-refractivity contribution is 9.11. The third kappa shape index (κ3) is 5.96. The van der Waals surface area contributed by atoms with Gasteiger partial charge >= 0.3 is 6.03 Å². The zero-order chi connectivity index (χ0) is 15.8. The number of amides is 3. The van der Waals surface area contributed by atoms with E-state index in [2.05, 4.69) is 32.1 Å². The Hall–Kier alpha value is -1.08. The smallest absolute Gasteiger partial charge is 0.333 e. The van der Waals surface area contributed by atoms with Crippen LogP contribution in [-0.2, 0) is 0 Å². The maximum atomic E-state index is 11.7. The first-order valence-corrected chi connectivity index (χ1v) is 9.35. The van der Waals surface area contributed by atoms with E-state index in [-0.39, 0.29) is 11.9 Å².